The van der Waals surface area contributed by atoms with Gasteiger partial charge in [-0.1, -0.05) is 6.07 Å². The van der Waals surface area contributed by atoms with Gasteiger partial charge in [-0.05, 0) is 24.6 Å². The number of nitrogens with two attached hydrogens (primary N) is 1. The number of aromatic nitrogens is 1. The van der Waals surface area contributed by atoms with E-state index in [0.29, 0.717) is 22.9 Å². The van der Waals surface area contributed by atoms with Crippen LogP contribution < -0.4 is 10.5 Å². The summed E-state index contributed by atoms with van der Waals surface area (Å²) in [5.74, 6) is 0.489. The van der Waals surface area contributed by atoms with Gasteiger partial charge in [0.2, 0.25) is 5.88 Å². The van der Waals surface area contributed by atoms with Crippen LogP contribution >= 0.6 is 0 Å². The Morgan fingerprint density at radius 1 is 1.26 bits per heavy atom. The summed E-state index contributed by atoms with van der Waals surface area (Å²) in [4.78, 5) is 15.5. The maximum absolute atomic E-state index is 11.4. The van der Waals surface area contributed by atoms with Crippen molar-refractivity contribution < 1.29 is 14.3 Å². The molecular weight excluding hydrogens is 244 g/mol. The highest BCUT2D eigenvalue weighted by Crippen LogP contribution is 2.26. The van der Waals surface area contributed by atoms with Crippen LogP contribution in [-0.2, 0) is 4.74 Å². The van der Waals surface area contributed by atoms with E-state index in [0.717, 1.165) is 5.56 Å². The highest BCUT2D eigenvalue weighted by atomic mass is 16.5. The predicted molar refractivity (Wildman–Crippen MR) is 71.2 cm³/mol. The average molecular weight is 258 g/mol. The molecule has 0 aliphatic heterocycles. The molecule has 0 unspecified atom stereocenters. The van der Waals surface area contributed by atoms with Crippen LogP contribution in [0.4, 0.5) is 5.69 Å². The van der Waals surface area contributed by atoms with Crippen molar-refractivity contribution in [2.75, 3.05) is 12.8 Å². The topological polar surface area (TPSA) is 74.4 Å². The molecule has 0 radical (unpaired) electrons. The molecule has 0 aliphatic rings. The zero-order valence-electron chi connectivity index (χ0n) is 10.7. The number of anilines is 1. The van der Waals surface area contributed by atoms with Crippen LogP contribution in [0.1, 0.15) is 15.9 Å². The van der Waals surface area contributed by atoms with E-state index in [2.05, 4.69) is 9.72 Å². The number of carbonyl (C=O) groups is 1. The number of pyridine rings is 1. The Bertz CT molecular complexity index is 611. The number of rotatable bonds is 3. The Labute approximate surface area is 111 Å². The summed E-state index contributed by atoms with van der Waals surface area (Å²) in [6, 6.07) is 8.44. The molecule has 2 N–H and O–H groups in total. The molecule has 19 heavy (non-hydrogen) atoms. The fourth-order valence-electron chi connectivity index (χ4n) is 1.55. The number of methoxy groups -OCH3 is 1. The van der Waals surface area contributed by atoms with Crippen LogP contribution in [0.5, 0.6) is 11.6 Å². The second-order valence-electron chi connectivity index (χ2n) is 4.00. The molecular formula is C14H14N2O3. The lowest BCUT2D eigenvalue weighted by Crippen LogP contribution is -2.02. The summed E-state index contributed by atoms with van der Waals surface area (Å²) in [6.07, 6.45) is 1.49. The monoisotopic (exact) mass is 258 g/mol. The van der Waals surface area contributed by atoms with Crippen LogP contribution in [-0.4, -0.2) is 18.1 Å². The Hall–Kier alpha value is -2.56. The van der Waals surface area contributed by atoms with Gasteiger partial charge in [-0.2, -0.15) is 0 Å². The van der Waals surface area contributed by atoms with Crippen LogP contribution in [0.3, 0.4) is 0 Å². The van der Waals surface area contributed by atoms with Gasteiger partial charge in [-0.15, -0.1) is 0 Å². The predicted octanol–water partition coefficient (Wildman–Crippen LogP) is 2.55. The summed E-state index contributed by atoms with van der Waals surface area (Å²) in [5, 5.41) is 0. The highest BCUT2D eigenvalue weighted by Gasteiger charge is 2.09. The minimum Gasteiger partial charge on any atom is -0.465 e. The lowest BCUT2D eigenvalue weighted by Gasteiger charge is -2.09. The van der Waals surface area contributed by atoms with Crippen LogP contribution in [0.15, 0.2) is 36.5 Å². The molecule has 0 fully saturated rings. The SMILES string of the molecule is COC(=O)c1ccnc(Oc2cc(N)ccc2C)c1. The van der Waals surface area contributed by atoms with E-state index in [9.17, 15) is 4.79 Å². The zero-order chi connectivity index (χ0) is 13.8. The fraction of sp³-hybridized carbons (Fsp3) is 0.143. The molecule has 1 aromatic heterocycles. The molecule has 0 bridgehead atoms. The number of carbonyl (C=O) groups excluding carboxylic acids is 1. The first-order valence-electron chi connectivity index (χ1n) is 5.68. The van der Waals surface area contributed by atoms with Gasteiger partial charge in [0.05, 0.1) is 12.7 Å². The number of benzene rings is 1. The number of aryl methyl sites for hydroxylation is 1. The minimum atomic E-state index is -0.434. The molecule has 1 aromatic carbocycles. The average Bonchev–Trinajstić information content (AvgIpc) is 2.42. The van der Waals surface area contributed by atoms with E-state index in [1.165, 1.54) is 19.4 Å². The minimum absolute atomic E-state index is 0.316. The van der Waals surface area contributed by atoms with E-state index in [1.54, 1.807) is 18.2 Å². The second-order valence-corrected chi connectivity index (χ2v) is 4.00. The zero-order valence-corrected chi connectivity index (χ0v) is 10.7. The Kier molecular flexibility index (Phi) is 3.66. The fourth-order valence-corrected chi connectivity index (χ4v) is 1.55. The van der Waals surface area contributed by atoms with Gasteiger partial charge in [-0.25, -0.2) is 9.78 Å². The first-order valence-corrected chi connectivity index (χ1v) is 5.68. The number of hydrogen-bond acceptors (Lipinski definition) is 5. The van der Waals surface area contributed by atoms with Crippen molar-refractivity contribution in [1.29, 1.82) is 0 Å². The molecule has 0 saturated carbocycles. The number of esters is 1. The Balaban J connectivity index is 2.28. The maximum Gasteiger partial charge on any atom is 0.338 e. The van der Waals surface area contributed by atoms with Crippen LogP contribution in [0.2, 0.25) is 0 Å². The van der Waals surface area contributed by atoms with E-state index in [4.69, 9.17) is 10.5 Å². The molecule has 0 spiro atoms. The van der Waals surface area contributed by atoms with Gasteiger partial charge >= 0.3 is 5.97 Å². The van der Waals surface area contributed by atoms with Gasteiger partial charge < -0.3 is 15.2 Å². The van der Waals surface area contributed by atoms with Crippen LogP contribution in [0.25, 0.3) is 0 Å². The smallest absolute Gasteiger partial charge is 0.338 e. The molecule has 5 heteroatoms. The van der Waals surface area contributed by atoms with Crippen molar-refractivity contribution >= 4 is 11.7 Å². The van der Waals surface area contributed by atoms with E-state index >= 15 is 0 Å². The van der Waals surface area contributed by atoms with Crippen LogP contribution in [0, 0.1) is 6.92 Å². The molecule has 0 amide bonds. The maximum atomic E-state index is 11.4. The Morgan fingerprint density at radius 2 is 2.05 bits per heavy atom. The molecule has 98 valence electrons. The van der Waals surface area contributed by atoms with Crippen molar-refractivity contribution in [1.82, 2.24) is 4.98 Å². The van der Waals surface area contributed by atoms with Crippen molar-refractivity contribution in [2.45, 2.75) is 6.92 Å². The van der Waals surface area contributed by atoms with Crippen molar-refractivity contribution in [3.8, 4) is 11.6 Å². The highest BCUT2D eigenvalue weighted by molar-refractivity contribution is 5.89. The molecule has 0 saturated heterocycles. The molecule has 2 rings (SSSR count). The number of nitrogen functional groups attached to an aromatic ring is 1. The van der Waals surface area contributed by atoms with Gasteiger partial charge in [0.15, 0.2) is 0 Å². The lowest BCUT2D eigenvalue weighted by atomic mass is 10.2. The van der Waals surface area contributed by atoms with E-state index < -0.39 is 5.97 Å². The molecule has 0 aliphatic carbocycles. The molecule has 5 nitrogen and oxygen atoms in total. The molecule has 1 heterocycles. The third kappa shape index (κ3) is 3.01. The summed E-state index contributed by atoms with van der Waals surface area (Å²) in [6.45, 7) is 1.90. The van der Waals surface area contributed by atoms with Gasteiger partial charge in [0.25, 0.3) is 0 Å². The summed E-state index contributed by atoms with van der Waals surface area (Å²) in [7, 11) is 1.32. The van der Waals surface area contributed by atoms with Crippen molar-refractivity contribution in [2.24, 2.45) is 0 Å². The van der Waals surface area contributed by atoms with Gasteiger partial charge in [0, 0.05) is 24.0 Å². The quantitative estimate of drug-likeness (QED) is 0.676. The third-order valence-corrected chi connectivity index (χ3v) is 2.58. The number of hydrogen-bond donors (Lipinski definition) is 1. The van der Waals surface area contributed by atoms with Gasteiger partial charge in [-0.3, -0.25) is 0 Å². The molecule has 2 aromatic rings. The second kappa shape index (κ2) is 5.39. The van der Waals surface area contributed by atoms with Crippen molar-refractivity contribution in [3.63, 3.8) is 0 Å². The summed E-state index contributed by atoms with van der Waals surface area (Å²) in [5.41, 5.74) is 7.62. The lowest BCUT2D eigenvalue weighted by molar-refractivity contribution is 0.0600. The Morgan fingerprint density at radius 3 is 2.79 bits per heavy atom. The first-order chi connectivity index (χ1) is 9.10. The van der Waals surface area contributed by atoms with Crippen molar-refractivity contribution in [3.05, 3.63) is 47.7 Å². The number of nitrogens with zero attached hydrogens (tertiary/aromatic N) is 1. The first kappa shape index (κ1) is 12.9. The number of ether oxygens (including phenoxy) is 2. The van der Waals surface area contributed by atoms with E-state index in [-0.39, 0.29) is 0 Å². The van der Waals surface area contributed by atoms with E-state index in [1.807, 2.05) is 13.0 Å². The van der Waals surface area contributed by atoms with Gasteiger partial charge in [0.1, 0.15) is 5.75 Å². The summed E-state index contributed by atoms with van der Waals surface area (Å²) >= 11 is 0. The standard InChI is InChI=1S/C14H14N2O3/c1-9-3-4-11(15)8-12(9)19-13-7-10(5-6-16-13)14(17)18-2/h3-8H,15H2,1-2H3. The summed E-state index contributed by atoms with van der Waals surface area (Å²) < 4.78 is 10.3. The largest absolute Gasteiger partial charge is 0.465 e. The third-order valence-electron chi connectivity index (χ3n) is 2.58. The molecule has 0 atom stereocenters. The normalized spacial score (nSPS) is 10.0.